The quantitative estimate of drug-likeness (QED) is 0.890. The Bertz CT molecular complexity index is 560. The molecular weight excluding hydrogens is 258 g/mol. The average Bonchev–Trinajstić information content (AvgIpc) is 2.86. The first-order valence-corrected chi connectivity index (χ1v) is 6.43. The maximum absolute atomic E-state index is 11.7. The number of carbonyl (C=O) groups excluding carboxylic acids is 2. The summed E-state index contributed by atoms with van der Waals surface area (Å²) in [6.07, 6.45) is 0. The molecule has 0 aliphatic heterocycles. The molecule has 0 saturated heterocycles. The van der Waals surface area contributed by atoms with Crippen LogP contribution in [0, 0.1) is 6.92 Å². The van der Waals surface area contributed by atoms with Crippen LogP contribution >= 0.6 is 22.7 Å². The van der Waals surface area contributed by atoms with Crippen LogP contribution in [0.25, 0.3) is 0 Å². The summed E-state index contributed by atoms with van der Waals surface area (Å²) in [4.78, 5) is 27.7. The van der Waals surface area contributed by atoms with Crippen molar-refractivity contribution in [2.24, 2.45) is 5.73 Å². The summed E-state index contributed by atoms with van der Waals surface area (Å²) in [6.45, 7) is 1.84. The molecule has 0 spiro atoms. The van der Waals surface area contributed by atoms with Gasteiger partial charge in [0, 0.05) is 10.3 Å². The number of primary amides is 1. The van der Waals surface area contributed by atoms with Crippen LogP contribution in [0.15, 0.2) is 17.0 Å². The summed E-state index contributed by atoms with van der Waals surface area (Å²) in [5.41, 5.74) is 7.46. The monoisotopic (exact) mass is 267 g/mol. The lowest BCUT2D eigenvalue weighted by Gasteiger charge is -2.01. The second-order valence-electron chi connectivity index (χ2n) is 3.29. The highest BCUT2D eigenvalue weighted by Gasteiger charge is 2.16. The molecule has 0 aliphatic rings. The van der Waals surface area contributed by atoms with Gasteiger partial charge in [0.25, 0.3) is 11.8 Å². The van der Waals surface area contributed by atoms with Gasteiger partial charge in [-0.15, -0.1) is 22.7 Å². The standard InChI is InChI=1S/C10H9N3O2S2/c1-5-2-6(8(11)14)10(17-5)13-9(15)7-3-16-4-12-7/h2-4H,1H3,(H2,11,14)(H,13,15). The summed E-state index contributed by atoms with van der Waals surface area (Å²) in [5.74, 6) is -0.890. The van der Waals surface area contributed by atoms with Crippen molar-refractivity contribution in [3.8, 4) is 0 Å². The van der Waals surface area contributed by atoms with E-state index in [0.717, 1.165) is 4.88 Å². The molecule has 3 N–H and O–H groups in total. The van der Waals surface area contributed by atoms with E-state index < -0.39 is 5.91 Å². The van der Waals surface area contributed by atoms with E-state index in [-0.39, 0.29) is 5.91 Å². The lowest BCUT2D eigenvalue weighted by Crippen LogP contribution is -2.16. The van der Waals surface area contributed by atoms with Crippen LogP contribution < -0.4 is 11.1 Å². The molecule has 2 aromatic rings. The minimum Gasteiger partial charge on any atom is -0.366 e. The SMILES string of the molecule is Cc1cc(C(N)=O)c(NC(=O)c2cscn2)s1. The minimum atomic E-state index is -0.553. The molecule has 0 atom stereocenters. The zero-order chi connectivity index (χ0) is 12.4. The molecular formula is C10H9N3O2S2. The molecule has 2 heterocycles. The summed E-state index contributed by atoms with van der Waals surface area (Å²) >= 11 is 2.65. The molecule has 0 unspecified atom stereocenters. The lowest BCUT2D eigenvalue weighted by atomic mass is 10.3. The second kappa shape index (κ2) is 4.64. The predicted molar refractivity (Wildman–Crippen MR) is 67.6 cm³/mol. The van der Waals surface area contributed by atoms with E-state index in [9.17, 15) is 9.59 Å². The Kier molecular flexibility index (Phi) is 3.21. The van der Waals surface area contributed by atoms with Crippen LogP contribution in [0.3, 0.4) is 0 Å². The smallest absolute Gasteiger partial charge is 0.275 e. The number of amides is 2. The summed E-state index contributed by atoms with van der Waals surface area (Å²) in [5, 5.41) is 4.74. The molecule has 0 radical (unpaired) electrons. The first-order valence-electron chi connectivity index (χ1n) is 4.67. The molecule has 0 aliphatic carbocycles. The van der Waals surface area contributed by atoms with Gasteiger partial charge in [0.05, 0.1) is 11.1 Å². The summed E-state index contributed by atoms with van der Waals surface area (Å²) in [6, 6.07) is 1.66. The van der Waals surface area contributed by atoms with E-state index in [0.29, 0.717) is 16.3 Å². The first-order chi connectivity index (χ1) is 8.08. The number of nitrogens with zero attached hydrogens (tertiary/aromatic N) is 1. The molecule has 17 heavy (non-hydrogen) atoms. The Balaban J connectivity index is 2.24. The number of thiophene rings is 1. The van der Waals surface area contributed by atoms with Crippen molar-refractivity contribution in [2.45, 2.75) is 6.92 Å². The van der Waals surface area contributed by atoms with E-state index in [1.54, 1.807) is 17.0 Å². The van der Waals surface area contributed by atoms with Crippen molar-refractivity contribution in [3.05, 3.63) is 33.1 Å². The minimum absolute atomic E-state index is 0.330. The van der Waals surface area contributed by atoms with Gasteiger partial charge in [-0.05, 0) is 13.0 Å². The molecule has 0 saturated carbocycles. The Morgan fingerprint density at radius 1 is 1.47 bits per heavy atom. The number of hydrogen-bond acceptors (Lipinski definition) is 5. The lowest BCUT2D eigenvalue weighted by molar-refractivity contribution is 0.100. The second-order valence-corrected chi connectivity index (χ2v) is 5.27. The van der Waals surface area contributed by atoms with E-state index in [1.165, 1.54) is 22.7 Å². The maximum Gasteiger partial charge on any atom is 0.275 e. The van der Waals surface area contributed by atoms with Crippen molar-refractivity contribution >= 4 is 39.5 Å². The zero-order valence-electron chi connectivity index (χ0n) is 8.89. The van der Waals surface area contributed by atoms with Crippen LogP contribution in [0.4, 0.5) is 5.00 Å². The number of aromatic nitrogens is 1. The first kappa shape index (κ1) is 11.7. The Labute approximate surface area is 105 Å². The molecule has 2 amide bonds. The number of rotatable bonds is 3. The highest BCUT2D eigenvalue weighted by molar-refractivity contribution is 7.16. The summed E-state index contributed by atoms with van der Waals surface area (Å²) < 4.78 is 0. The fourth-order valence-electron chi connectivity index (χ4n) is 1.28. The van der Waals surface area contributed by atoms with Crippen molar-refractivity contribution in [1.82, 2.24) is 4.98 Å². The number of aryl methyl sites for hydroxylation is 1. The fraction of sp³-hybridized carbons (Fsp3) is 0.100. The van der Waals surface area contributed by atoms with Crippen LogP contribution in [0.5, 0.6) is 0 Å². The maximum atomic E-state index is 11.7. The molecule has 2 aromatic heterocycles. The van der Waals surface area contributed by atoms with Gasteiger partial charge in [-0.3, -0.25) is 9.59 Å². The Morgan fingerprint density at radius 2 is 2.24 bits per heavy atom. The van der Waals surface area contributed by atoms with Crippen molar-refractivity contribution in [3.63, 3.8) is 0 Å². The Hall–Kier alpha value is -1.73. The third-order valence-corrected chi connectivity index (χ3v) is 3.57. The molecule has 88 valence electrons. The van der Waals surface area contributed by atoms with Crippen molar-refractivity contribution in [2.75, 3.05) is 5.32 Å². The molecule has 0 fully saturated rings. The van der Waals surface area contributed by atoms with E-state index in [1.807, 2.05) is 6.92 Å². The van der Waals surface area contributed by atoms with Gasteiger partial charge in [-0.25, -0.2) is 4.98 Å². The van der Waals surface area contributed by atoms with Gasteiger partial charge >= 0.3 is 0 Å². The van der Waals surface area contributed by atoms with Gasteiger partial charge in [0.2, 0.25) is 0 Å². The average molecular weight is 267 g/mol. The van der Waals surface area contributed by atoms with E-state index in [2.05, 4.69) is 10.3 Å². The third kappa shape index (κ3) is 2.51. The number of nitrogens with two attached hydrogens (primary N) is 1. The van der Waals surface area contributed by atoms with Crippen LogP contribution in [-0.2, 0) is 0 Å². The fourth-order valence-corrected chi connectivity index (χ4v) is 2.73. The van der Waals surface area contributed by atoms with E-state index >= 15 is 0 Å². The number of thiazole rings is 1. The highest BCUT2D eigenvalue weighted by Crippen LogP contribution is 2.27. The van der Waals surface area contributed by atoms with Gasteiger partial charge < -0.3 is 11.1 Å². The number of nitrogens with one attached hydrogen (secondary N) is 1. The molecule has 7 heteroatoms. The van der Waals surface area contributed by atoms with Gasteiger partial charge in [0.1, 0.15) is 10.7 Å². The van der Waals surface area contributed by atoms with Crippen molar-refractivity contribution in [1.29, 1.82) is 0 Å². The largest absolute Gasteiger partial charge is 0.366 e. The number of carbonyl (C=O) groups is 2. The van der Waals surface area contributed by atoms with E-state index in [4.69, 9.17) is 5.73 Å². The summed E-state index contributed by atoms with van der Waals surface area (Å²) in [7, 11) is 0. The topological polar surface area (TPSA) is 85.1 Å². The molecule has 2 rings (SSSR count). The molecule has 0 bridgehead atoms. The zero-order valence-corrected chi connectivity index (χ0v) is 10.5. The predicted octanol–water partition coefficient (Wildman–Crippen LogP) is 1.86. The molecule has 0 aromatic carbocycles. The number of hydrogen-bond donors (Lipinski definition) is 2. The van der Waals surface area contributed by atoms with Crippen molar-refractivity contribution < 1.29 is 9.59 Å². The Morgan fingerprint density at radius 3 is 2.82 bits per heavy atom. The van der Waals surface area contributed by atoms with Gasteiger partial charge in [-0.2, -0.15) is 0 Å². The van der Waals surface area contributed by atoms with Crippen LogP contribution in [-0.4, -0.2) is 16.8 Å². The van der Waals surface area contributed by atoms with Crippen LogP contribution in [0.1, 0.15) is 25.7 Å². The van der Waals surface area contributed by atoms with Gasteiger partial charge in [-0.1, -0.05) is 0 Å². The van der Waals surface area contributed by atoms with Crippen LogP contribution in [0.2, 0.25) is 0 Å². The highest BCUT2D eigenvalue weighted by atomic mass is 32.1. The van der Waals surface area contributed by atoms with Gasteiger partial charge in [0.15, 0.2) is 0 Å². The third-order valence-electron chi connectivity index (χ3n) is 2.01. The number of anilines is 1. The molecule has 5 nitrogen and oxygen atoms in total. The normalized spacial score (nSPS) is 10.2.